The zero-order valence-electron chi connectivity index (χ0n) is 16.1. The molecule has 1 aliphatic heterocycles. The van der Waals surface area contributed by atoms with E-state index in [1.807, 2.05) is 6.92 Å². The number of amides is 3. The van der Waals surface area contributed by atoms with Crippen molar-refractivity contribution in [3.05, 3.63) is 53.6 Å². The number of aryl methyl sites for hydroxylation is 1. The van der Waals surface area contributed by atoms with Crippen LogP contribution in [-0.4, -0.2) is 47.4 Å². The standard InChI is InChI=1S/C21H23N3O4/c1-13-8-9-18(25)15(10-13)21(28)23(3)12-20(27)24-14(2)11-19(26)22-16-6-4-5-7-17(16)24/h4-10,14,25H,11-12H2,1-3H3,(H,22,26). The first-order valence-corrected chi connectivity index (χ1v) is 9.04. The Bertz CT molecular complexity index is 941. The van der Waals surface area contributed by atoms with E-state index in [4.69, 9.17) is 0 Å². The predicted octanol–water partition coefficient (Wildman–Crippen LogP) is 2.54. The zero-order valence-corrected chi connectivity index (χ0v) is 16.1. The summed E-state index contributed by atoms with van der Waals surface area (Å²) >= 11 is 0. The van der Waals surface area contributed by atoms with Crippen LogP contribution in [0, 0.1) is 6.92 Å². The van der Waals surface area contributed by atoms with Gasteiger partial charge in [0.1, 0.15) is 12.3 Å². The summed E-state index contributed by atoms with van der Waals surface area (Å²) in [7, 11) is 1.51. The Hall–Kier alpha value is -3.35. The molecule has 3 amide bonds. The van der Waals surface area contributed by atoms with E-state index >= 15 is 0 Å². The second-order valence-corrected chi connectivity index (χ2v) is 7.06. The van der Waals surface area contributed by atoms with Crippen LogP contribution in [-0.2, 0) is 9.59 Å². The molecule has 2 N–H and O–H groups in total. The van der Waals surface area contributed by atoms with Gasteiger partial charge in [-0.15, -0.1) is 0 Å². The second-order valence-electron chi connectivity index (χ2n) is 7.06. The number of aromatic hydroxyl groups is 1. The normalized spacial score (nSPS) is 16.0. The summed E-state index contributed by atoms with van der Waals surface area (Å²) in [4.78, 5) is 40.7. The number of nitrogens with one attached hydrogen (secondary N) is 1. The van der Waals surface area contributed by atoms with Crippen LogP contribution < -0.4 is 10.2 Å². The molecule has 1 atom stereocenters. The van der Waals surface area contributed by atoms with Crippen molar-refractivity contribution in [2.24, 2.45) is 0 Å². The molecule has 0 saturated heterocycles. The van der Waals surface area contributed by atoms with E-state index in [0.717, 1.165) is 5.56 Å². The van der Waals surface area contributed by atoms with E-state index in [1.165, 1.54) is 18.0 Å². The summed E-state index contributed by atoms with van der Waals surface area (Å²) in [5.41, 5.74) is 2.15. The average Bonchev–Trinajstić information content (AvgIpc) is 2.77. The summed E-state index contributed by atoms with van der Waals surface area (Å²) in [6, 6.07) is 11.5. The molecular weight excluding hydrogens is 358 g/mol. The Kier molecular flexibility index (Phi) is 5.35. The largest absolute Gasteiger partial charge is 0.507 e. The molecule has 0 fully saturated rings. The van der Waals surface area contributed by atoms with E-state index in [-0.39, 0.29) is 42.1 Å². The lowest BCUT2D eigenvalue weighted by Gasteiger charge is -2.29. The van der Waals surface area contributed by atoms with Gasteiger partial charge in [0.15, 0.2) is 0 Å². The first-order valence-electron chi connectivity index (χ1n) is 9.04. The molecular formula is C21H23N3O4. The van der Waals surface area contributed by atoms with Gasteiger partial charge in [-0.05, 0) is 38.1 Å². The Labute approximate surface area is 163 Å². The van der Waals surface area contributed by atoms with Gasteiger partial charge in [0.25, 0.3) is 5.91 Å². The Morgan fingerprint density at radius 3 is 2.71 bits per heavy atom. The molecule has 0 aromatic heterocycles. The molecule has 0 saturated carbocycles. The average molecular weight is 381 g/mol. The number of para-hydroxylation sites is 2. The number of likely N-dealkylation sites (N-methyl/N-ethyl adjacent to an activating group) is 1. The molecule has 28 heavy (non-hydrogen) atoms. The van der Waals surface area contributed by atoms with Gasteiger partial charge in [0, 0.05) is 19.5 Å². The highest BCUT2D eigenvalue weighted by atomic mass is 16.3. The lowest BCUT2D eigenvalue weighted by atomic mass is 10.1. The first-order chi connectivity index (χ1) is 13.3. The second kappa shape index (κ2) is 7.72. The highest BCUT2D eigenvalue weighted by Gasteiger charge is 2.31. The van der Waals surface area contributed by atoms with Crippen LogP contribution in [0.3, 0.4) is 0 Å². The minimum atomic E-state index is -0.445. The summed E-state index contributed by atoms with van der Waals surface area (Å²) in [6.07, 6.45) is 0.163. The summed E-state index contributed by atoms with van der Waals surface area (Å²) in [5, 5.41) is 12.8. The first kappa shape index (κ1) is 19.4. The SMILES string of the molecule is Cc1ccc(O)c(C(=O)N(C)CC(=O)N2c3ccccc3NC(=O)CC2C)c1. The fraction of sp³-hybridized carbons (Fsp3) is 0.286. The molecule has 0 radical (unpaired) electrons. The van der Waals surface area contributed by atoms with Crippen molar-refractivity contribution in [3.63, 3.8) is 0 Å². The monoisotopic (exact) mass is 381 g/mol. The van der Waals surface area contributed by atoms with Crippen LogP contribution in [0.5, 0.6) is 5.75 Å². The minimum absolute atomic E-state index is 0.127. The predicted molar refractivity (Wildman–Crippen MR) is 106 cm³/mol. The number of rotatable bonds is 3. The van der Waals surface area contributed by atoms with Crippen LogP contribution in [0.1, 0.15) is 29.3 Å². The number of phenolic OH excluding ortho intramolecular Hbond substituents is 1. The molecule has 0 aliphatic carbocycles. The number of carbonyl (C=O) groups excluding carboxylic acids is 3. The van der Waals surface area contributed by atoms with Crippen molar-refractivity contribution in [1.82, 2.24) is 4.90 Å². The smallest absolute Gasteiger partial charge is 0.257 e. The van der Waals surface area contributed by atoms with Crippen LogP contribution in [0.15, 0.2) is 42.5 Å². The molecule has 2 aromatic rings. The fourth-order valence-corrected chi connectivity index (χ4v) is 3.35. The van der Waals surface area contributed by atoms with E-state index in [1.54, 1.807) is 48.2 Å². The Morgan fingerprint density at radius 1 is 1.25 bits per heavy atom. The number of hydrogen-bond donors (Lipinski definition) is 2. The molecule has 1 unspecified atom stereocenters. The molecule has 0 bridgehead atoms. The van der Waals surface area contributed by atoms with Crippen molar-refractivity contribution >= 4 is 29.1 Å². The zero-order chi connectivity index (χ0) is 20.4. The maximum absolute atomic E-state index is 13.1. The van der Waals surface area contributed by atoms with E-state index in [2.05, 4.69) is 5.32 Å². The van der Waals surface area contributed by atoms with E-state index in [9.17, 15) is 19.5 Å². The molecule has 2 aromatic carbocycles. The summed E-state index contributed by atoms with van der Waals surface area (Å²) in [5.74, 6) is -1.04. The van der Waals surface area contributed by atoms with Gasteiger partial charge >= 0.3 is 0 Å². The number of anilines is 2. The van der Waals surface area contributed by atoms with Gasteiger partial charge in [0.05, 0.1) is 16.9 Å². The maximum atomic E-state index is 13.1. The molecule has 7 heteroatoms. The molecule has 146 valence electrons. The third-order valence-corrected chi connectivity index (χ3v) is 4.73. The quantitative estimate of drug-likeness (QED) is 0.855. The van der Waals surface area contributed by atoms with E-state index in [0.29, 0.717) is 11.4 Å². The maximum Gasteiger partial charge on any atom is 0.257 e. The number of phenols is 1. The van der Waals surface area contributed by atoms with Crippen LogP contribution >= 0.6 is 0 Å². The molecule has 1 aliphatic rings. The van der Waals surface area contributed by atoms with Gasteiger partial charge in [-0.2, -0.15) is 0 Å². The van der Waals surface area contributed by atoms with Gasteiger partial charge in [-0.3, -0.25) is 14.4 Å². The third kappa shape index (κ3) is 3.83. The lowest BCUT2D eigenvalue weighted by molar-refractivity contribution is -0.119. The van der Waals surface area contributed by atoms with Gasteiger partial charge in [0.2, 0.25) is 11.8 Å². The Morgan fingerprint density at radius 2 is 1.96 bits per heavy atom. The van der Waals surface area contributed by atoms with Crippen molar-refractivity contribution in [3.8, 4) is 5.75 Å². The van der Waals surface area contributed by atoms with Crippen LogP contribution in [0.25, 0.3) is 0 Å². The number of nitrogens with zero attached hydrogens (tertiary/aromatic N) is 2. The number of carbonyl (C=O) groups is 3. The molecule has 3 rings (SSSR count). The highest BCUT2D eigenvalue weighted by molar-refractivity contribution is 6.06. The highest BCUT2D eigenvalue weighted by Crippen LogP contribution is 2.31. The van der Waals surface area contributed by atoms with E-state index < -0.39 is 5.91 Å². The topological polar surface area (TPSA) is 89.9 Å². The summed E-state index contributed by atoms with van der Waals surface area (Å²) < 4.78 is 0. The lowest BCUT2D eigenvalue weighted by Crippen LogP contribution is -2.45. The van der Waals surface area contributed by atoms with Crippen molar-refractivity contribution in [2.45, 2.75) is 26.3 Å². The number of hydrogen-bond acceptors (Lipinski definition) is 4. The number of benzene rings is 2. The van der Waals surface area contributed by atoms with Crippen LogP contribution in [0.2, 0.25) is 0 Å². The third-order valence-electron chi connectivity index (χ3n) is 4.73. The van der Waals surface area contributed by atoms with Gasteiger partial charge in [-0.1, -0.05) is 23.8 Å². The minimum Gasteiger partial charge on any atom is -0.507 e. The fourth-order valence-electron chi connectivity index (χ4n) is 3.35. The molecule has 0 spiro atoms. The van der Waals surface area contributed by atoms with Gasteiger partial charge in [-0.25, -0.2) is 0 Å². The van der Waals surface area contributed by atoms with Gasteiger partial charge < -0.3 is 20.2 Å². The van der Waals surface area contributed by atoms with Crippen molar-refractivity contribution in [2.75, 3.05) is 23.8 Å². The van der Waals surface area contributed by atoms with Crippen molar-refractivity contribution < 1.29 is 19.5 Å². The van der Waals surface area contributed by atoms with Crippen molar-refractivity contribution in [1.29, 1.82) is 0 Å². The molecule has 1 heterocycles. The molecule has 7 nitrogen and oxygen atoms in total. The van der Waals surface area contributed by atoms with Crippen LogP contribution in [0.4, 0.5) is 11.4 Å². The summed E-state index contributed by atoms with van der Waals surface area (Å²) in [6.45, 7) is 3.44. The Balaban J connectivity index is 1.84. The number of fused-ring (bicyclic) bond motifs is 1.